The molecule has 0 spiro atoms. The molecule has 1 heterocycles. The van der Waals surface area contributed by atoms with Gasteiger partial charge in [0.05, 0.1) is 24.8 Å². The molecule has 0 N–H and O–H groups in total. The third-order valence-corrected chi connectivity index (χ3v) is 5.50. The lowest BCUT2D eigenvalue weighted by Crippen LogP contribution is -2.29. The van der Waals surface area contributed by atoms with Crippen molar-refractivity contribution >= 4 is 40.3 Å². The lowest BCUT2D eigenvalue weighted by molar-refractivity contribution is -0.113. The number of aliphatic imine (C=N–C) groups is 1. The average molecular weight is 417 g/mol. The van der Waals surface area contributed by atoms with Gasteiger partial charge in [0.15, 0.2) is 5.17 Å². The van der Waals surface area contributed by atoms with Gasteiger partial charge in [-0.05, 0) is 47.7 Å². The van der Waals surface area contributed by atoms with Crippen LogP contribution in [0, 0.1) is 0 Å². The zero-order chi connectivity index (χ0) is 20.9. The number of thioether (sulfide) groups is 1. The van der Waals surface area contributed by atoms with Gasteiger partial charge in [-0.3, -0.25) is 9.69 Å². The Bertz CT molecular complexity index is 1130. The van der Waals surface area contributed by atoms with Gasteiger partial charge in [0.1, 0.15) is 17.2 Å². The molecule has 30 heavy (non-hydrogen) atoms. The molecule has 0 aliphatic carbocycles. The summed E-state index contributed by atoms with van der Waals surface area (Å²) in [5.74, 6) is 1.08. The minimum Gasteiger partial charge on any atom is -0.495 e. The van der Waals surface area contributed by atoms with E-state index in [2.05, 4.69) is 0 Å². The van der Waals surface area contributed by atoms with E-state index in [0.29, 0.717) is 32.9 Å². The third kappa shape index (κ3) is 3.95. The topological polar surface area (TPSA) is 51.1 Å². The number of carbonyl (C=O) groups is 1. The maximum Gasteiger partial charge on any atom is 0.271 e. The number of anilines is 1. The van der Waals surface area contributed by atoms with Crippen LogP contribution in [0.2, 0.25) is 0 Å². The highest BCUT2D eigenvalue weighted by atomic mass is 32.2. The van der Waals surface area contributed by atoms with Crippen molar-refractivity contribution in [2.75, 3.05) is 19.1 Å². The summed E-state index contributed by atoms with van der Waals surface area (Å²) in [5.41, 5.74) is 2.24. The molecule has 6 heteroatoms. The molecule has 1 saturated heterocycles. The zero-order valence-corrected chi connectivity index (χ0v) is 17.4. The first-order chi connectivity index (χ1) is 14.7. The number of amides is 1. The normalized spacial score (nSPS) is 16.3. The molecule has 1 fully saturated rings. The predicted octanol–water partition coefficient (Wildman–Crippen LogP) is 5.51. The van der Waals surface area contributed by atoms with Crippen molar-refractivity contribution < 1.29 is 14.3 Å². The summed E-state index contributed by atoms with van der Waals surface area (Å²) in [4.78, 5) is 20.3. The lowest BCUT2D eigenvalue weighted by atomic mass is 10.2. The minimum atomic E-state index is -0.151. The number of amidine groups is 1. The van der Waals surface area contributed by atoms with Crippen LogP contribution in [0.1, 0.15) is 5.56 Å². The number of ether oxygens (including phenoxy) is 2. The highest BCUT2D eigenvalue weighted by Crippen LogP contribution is 2.41. The van der Waals surface area contributed by atoms with Gasteiger partial charge in [0.2, 0.25) is 0 Å². The summed E-state index contributed by atoms with van der Waals surface area (Å²) in [5, 5.41) is 0.538. The van der Waals surface area contributed by atoms with Crippen molar-refractivity contribution in [3.63, 3.8) is 0 Å². The number of hydrogen-bond donors (Lipinski definition) is 0. The summed E-state index contributed by atoms with van der Waals surface area (Å²) < 4.78 is 10.9. The van der Waals surface area contributed by atoms with Gasteiger partial charge in [-0.25, -0.2) is 4.99 Å². The summed E-state index contributed by atoms with van der Waals surface area (Å²) in [6.07, 6.45) is 1.88. The van der Waals surface area contributed by atoms with Crippen LogP contribution < -0.4 is 14.4 Å². The molecule has 3 aromatic rings. The van der Waals surface area contributed by atoms with Gasteiger partial charge in [-0.2, -0.15) is 0 Å². The largest absolute Gasteiger partial charge is 0.495 e. The van der Waals surface area contributed by atoms with Crippen LogP contribution in [0.25, 0.3) is 6.08 Å². The molecule has 1 amide bonds. The van der Waals surface area contributed by atoms with E-state index in [1.165, 1.54) is 11.8 Å². The Morgan fingerprint density at radius 1 is 0.833 bits per heavy atom. The summed E-state index contributed by atoms with van der Waals surface area (Å²) in [6, 6.07) is 24.6. The molecule has 3 aromatic carbocycles. The van der Waals surface area contributed by atoms with Crippen LogP contribution in [-0.4, -0.2) is 25.3 Å². The second kappa shape index (κ2) is 8.88. The molecule has 5 nitrogen and oxygen atoms in total. The van der Waals surface area contributed by atoms with Crippen LogP contribution in [0.4, 0.5) is 11.4 Å². The van der Waals surface area contributed by atoms with Gasteiger partial charge in [0, 0.05) is 0 Å². The van der Waals surface area contributed by atoms with E-state index in [-0.39, 0.29) is 5.91 Å². The number of para-hydroxylation sites is 4. The highest BCUT2D eigenvalue weighted by Gasteiger charge is 2.36. The molecule has 1 aliphatic heterocycles. The quantitative estimate of drug-likeness (QED) is 0.515. The van der Waals surface area contributed by atoms with Crippen molar-refractivity contribution in [2.24, 2.45) is 4.99 Å². The number of benzene rings is 3. The Hall–Kier alpha value is -3.51. The van der Waals surface area contributed by atoms with Crippen molar-refractivity contribution in [1.29, 1.82) is 0 Å². The molecule has 0 bridgehead atoms. The van der Waals surface area contributed by atoms with E-state index in [1.54, 1.807) is 19.1 Å². The van der Waals surface area contributed by atoms with Crippen LogP contribution in [-0.2, 0) is 4.79 Å². The van der Waals surface area contributed by atoms with Gasteiger partial charge < -0.3 is 9.47 Å². The van der Waals surface area contributed by atoms with Gasteiger partial charge >= 0.3 is 0 Å². The third-order valence-electron chi connectivity index (χ3n) is 4.53. The lowest BCUT2D eigenvalue weighted by Gasteiger charge is -2.18. The van der Waals surface area contributed by atoms with Crippen LogP contribution in [0.3, 0.4) is 0 Å². The van der Waals surface area contributed by atoms with Gasteiger partial charge in [-0.1, -0.05) is 54.6 Å². The maximum atomic E-state index is 13.4. The van der Waals surface area contributed by atoms with Crippen LogP contribution >= 0.6 is 11.8 Å². The Balaban J connectivity index is 1.84. The molecule has 1 aliphatic rings. The molecular formula is C24H20N2O3S. The smallest absolute Gasteiger partial charge is 0.271 e. The molecule has 0 aromatic heterocycles. The van der Waals surface area contributed by atoms with Crippen LogP contribution in [0.15, 0.2) is 88.8 Å². The average Bonchev–Trinajstić information content (AvgIpc) is 3.09. The highest BCUT2D eigenvalue weighted by molar-refractivity contribution is 8.19. The van der Waals surface area contributed by atoms with E-state index in [9.17, 15) is 4.79 Å². The van der Waals surface area contributed by atoms with Crippen molar-refractivity contribution in [3.05, 3.63) is 89.3 Å². The Morgan fingerprint density at radius 2 is 1.47 bits per heavy atom. The second-order valence-electron chi connectivity index (χ2n) is 6.40. The monoisotopic (exact) mass is 416 g/mol. The molecule has 150 valence electrons. The number of hydrogen-bond acceptors (Lipinski definition) is 5. The summed E-state index contributed by atoms with van der Waals surface area (Å²) in [6.45, 7) is 0. The molecular weight excluding hydrogens is 396 g/mol. The molecule has 0 atom stereocenters. The van der Waals surface area contributed by atoms with E-state index < -0.39 is 0 Å². The van der Waals surface area contributed by atoms with Crippen molar-refractivity contribution in [3.8, 4) is 11.5 Å². The Kier molecular flexibility index (Phi) is 5.86. The van der Waals surface area contributed by atoms with Crippen LogP contribution in [0.5, 0.6) is 11.5 Å². The van der Waals surface area contributed by atoms with Crippen molar-refractivity contribution in [1.82, 2.24) is 0 Å². The van der Waals surface area contributed by atoms with E-state index in [0.717, 1.165) is 5.56 Å². The van der Waals surface area contributed by atoms with E-state index in [4.69, 9.17) is 14.5 Å². The first-order valence-electron chi connectivity index (χ1n) is 9.35. The fourth-order valence-corrected chi connectivity index (χ4v) is 4.09. The SMILES string of the molecule is COc1ccccc1N=C1S/C(=C/c2ccccc2)C(=O)N1c1ccccc1OC. The van der Waals surface area contributed by atoms with Crippen molar-refractivity contribution in [2.45, 2.75) is 0 Å². The van der Waals surface area contributed by atoms with Gasteiger partial charge in [0.25, 0.3) is 5.91 Å². The minimum absolute atomic E-state index is 0.151. The summed E-state index contributed by atoms with van der Waals surface area (Å²) >= 11 is 1.33. The number of nitrogens with zero attached hydrogens (tertiary/aromatic N) is 2. The molecule has 4 rings (SSSR count). The van der Waals surface area contributed by atoms with E-state index >= 15 is 0 Å². The number of carbonyl (C=O) groups excluding carboxylic acids is 1. The number of rotatable bonds is 5. The summed E-state index contributed by atoms with van der Waals surface area (Å²) in [7, 11) is 3.19. The Labute approximate surface area is 179 Å². The standard InChI is InChI=1S/C24H20N2O3S/c1-28-20-14-8-6-12-18(20)25-24-26(19-13-7-9-15-21(19)29-2)23(27)22(30-24)16-17-10-4-3-5-11-17/h3-16H,1-2H3/b22-16+,25-24?. The first kappa shape index (κ1) is 19.8. The molecule has 0 saturated carbocycles. The zero-order valence-electron chi connectivity index (χ0n) is 16.6. The first-order valence-corrected chi connectivity index (χ1v) is 10.2. The predicted molar refractivity (Wildman–Crippen MR) is 123 cm³/mol. The van der Waals surface area contributed by atoms with Gasteiger partial charge in [-0.15, -0.1) is 0 Å². The molecule has 0 unspecified atom stereocenters. The second-order valence-corrected chi connectivity index (χ2v) is 7.41. The fourth-order valence-electron chi connectivity index (χ4n) is 3.10. The maximum absolute atomic E-state index is 13.4. The Morgan fingerprint density at radius 3 is 2.20 bits per heavy atom. The van der Waals surface area contributed by atoms with E-state index in [1.807, 2.05) is 84.9 Å². The number of methoxy groups -OCH3 is 2. The fraction of sp³-hybridized carbons (Fsp3) is 0.0833. The molecule has 0 radical (unpaired) electrons.